The minimum absolute atomic E-state index is 0.0315. The van der Waals surface area contributed by atoms with E-state index < -0.39 is 0 Å². The van der Waals surface area contributed by atoms with Crippen molar-refractivity contribution in [3.8, 4) is 5.75 Å². The number of carbonyl (C=O) groups is 2. The van der Waals surface area contributed by atoms with Crippen molar-refractivity contribution in [1.29, 1.82) is 0 Å². The Hall–Kier alpha value is -3.64. The highest BCUT2D eigenvalue weighted by Gasteiger charge is 2.08. The SMILES string of the molecule is Cc1ccccc1NC(=O)CCC(=O)NN=Cc1ccccc1OCc1ccc(Cl)cc1. The molecule has 0 unspecified atom stereocenters. The molecule has 3 aromatic carbocycles. The van der Waals surface area contributed by atoms with Gasteiger partial charge in [-0.3, -0.25) is 9.59 Å². The van der Waals surface area contributed by atoms with Crippen LogP contribution in [0.25, 0.3) is 0 Å². The van der Waals surface area contributed by atoms with Gasteiger partial charge in [-0.05, 0) is 48.4 Å². The Morgan fingerprint density at radius 1 is 0.938 bits per heavy atom. The van der Waals surface area contributed by atoms with Crippen molar-refractivity contribution in [3.05, 3.63) is 94.5 Å². The summed E-state index contributed by atoms with van der Waals surface area (Å²) in [7, 11) is 0. The third kappa shape index (κ3) is 7.25. The van der Waals surface area contributed by atoms with Crippen LogP contribution in [0.3, 0.4) is 0 Å². The van der Waals surface area contributed by atoms with Gasteiger partial charge in [-0.1, -0.05) is 54.1 Å². The fraction of sp³-hybridized carbons (Fsp3) is 0.160. The Morgan fingerprint density at radius 3 is 2.41 bits per heavy atom. The lowest BCUT2D eigenvalue weighted by Crippen LogP contribution is -2.20. The summed E-state index contributed by atoms with van der Waals surface area (Å²) in [4.78, 5) is 24.1. The number of aryl methyl sites for hydroxylation is 1. The van der Waals surface area contributed by atoms with Crippen LogP contribution in [0.5, 0.6) is 5.75 Å². The molecular weight excluding hydrogens is 426 g/mol. The number of hydrogen-bond acceptors (Lipinski definition) is 4. The Balaban J connectivity index is 1.47. The van der Waals surface area contributed by atoms with E-state index in [0.29, 0.717) is 17.4 Å². The van der Waals surface area contributed by atoms with Gasteiger partial charge in [-0.15, -0.1) is 0 Å². The number of amides is 2. The maximum absolute atomic E-state index is 12.1. The monoisotopic (exact) mass is 449 g/mol. The van der Waals surface area contributed by atoms with Crippen molar-refractivity contribution in [2.24, 2.45) is 5.10 Å². The second-order valence-corrected chi connectivity index (χ2v) is 7.55. The van der Waals surface area contributed by atoms with Crippen LogP contribution in [0, 0.1) is 6.92 Å². The average Bonchev–Trinajstić information content (AvgIpc) is 2.80. The summed E-state index contributed by atoms with van der Waals surface area (Å²) >= 11 is 5.90. The van der Waals surface area contributed by atoms with Crippen LogP contribution >= 0.6 is 11.6 Å². The molecular formula is C25H24ClN3O3. The number of ether oxygens (including phenoxy) is 1. The zero-order valence-electron chi connectivity index (χ0n) is 17.7. The minimum Gasteiger partial charge on any atom is -0.488 e. The first-order valence-corrected chi connectivity index (χ1v) is 10.5. The van der Waals surface area contributed by atoms with E-state index in [-0.39, 0.29) is 24.7 Å². The van der Waals surface area contributed by atoms with Crippen molar-refractivity contribution in [1.82, 2.24) is 5.43 Å². The quantitative estimate of drug-likeness (QED) is 0.352. The molecule has 0 saturated carbocycles. The molecule has 0 atom stereocenters. The van der Waals surface area contributed by atoms with Gasteiger partial charge in [0.1, 0.15) is 12.4 Å². The molecule has 0 fully saturated rings. The highest BCUT2D eigenvalue weighted by molar-refractivity contribution is 6.30. The van der Waals surface area contributed by atoms with E-state index in [1.165, 1.54) is 6.21 Å². The molecule has 3 aromatic rings. The molecule has 2 N–H and O–H groups in total. The standard InChI is InChI=1S/C25H24ClN3O3/c1-18-6-2-4-8-22(18)28-24(30)14-15-25(31)29-27-16-20-7-3-5-9-23(20)32-17-19-10-12-21(26)13-11-19/h2-13,16H,14-15,17H2,1H3,(H,28,30)(H,29,31). The molecule has 2 amide bonds. The predicted octanol–water partition coefficient (Wildman–Crippen LogP) is 5.10. The summed E-state index contributed by atoms with van der Waals surface area (Å²) in [5.74, 6) is 0.0678. The van der Waals surface area contributed by atoms with Gasteiger partial charge in [0.25, 0.3) is 0 Å². The molecule has 0 aliphatic carbocycles. The van der Waals surface area contributed by atoms with Gasteiger partial charge in [0.2, 0.25) is 11.8 Å². The van der Waals surface area contributed by atoms with Crippen LogP contribution in [-0.2, 0) is 16.2 Å². The number of hydrogen-bond donors (Lipinski definition) is 2. The first kappa shape index (κ1) is 23.0. The Kier molecular flexibility index (Phi) is 8.40. The lowest BCUT2D eigenvalue weighted by atomic mass is 10.2. The van der Waals surface area contributed by atoms with Gasteiger partial charge in [0.15, 0.2) is 0 Å². The summed E-state index contributed by atoms with van der Waals surface area (Å²) in [5, 5.41) is 7.47. The Labute approximate surface area is 192 Å². The molecule has 0 aliphatic heterocycles. The molecule has 6 nitrogen and oxygen atoms in total. The maximum atomic E-state index is 12.1. The molecule has 164 valence electrons. The summed E-state index contributed by atoms with van der Waals surface area (Å²) < 4.78 is 5.87. The molecule has 0 aliphatic rings. The first-order valence-electron chi connectivity index (χ1n) is 10.1. The minimum atomic E-state index is -0.347. The van der Waals surface area contributed by atoms with Gasteiger partial charge >= 0.3 is 0 Å². The van der Waals surface area contributed by atoms with Crippen LogP contribution in [0.1, 0.15) is 29.5 Å². The number of para-hydroxylation sites is 2. The number of hydrazone groups is 1. The topological polar surface area (TPSA) is 79.8 Å². The zero-order valence-corrected chi connectivity index (χ0v) is 18.4. The summed E-state index contributed by atoms with van der Waals surface area (Å²) in [6, 6.07) is 22.3. The molecule has 0 heterocycles. The van der Waals surface area contributed by atoms with Crippen molar-refractivity contribution in [2.45, 2.75) is 26.4 Å². The smallest absolute Gasteiger partial charge is 0.240 e. The number of halogens is 1. The van der Waals surface area contributed by atoms with Crippen LogP contribution in [-0.4, -0.2) is 18.0 Å². The van der Waals surface area contributed by atoms with Gasteiger partial charge in [-0.2, -0.15) is 5.10 Å². The number of rotatable bonds is 9. The van der Waals surface area contributed by atoms with E-state index in [0.717, 1.165) is 22.4 Å². The summed E-state index contributed by atoms with van der Waals surface area (Å²) in [6.45, 7) is 2.29. The second-order valence-electron chi connectivity index (χ2n) is 7.11. The summed E-state index contributed by atoms with van der Waals surface area (Å²) in [5.41, 5.74) is 5.86. The van der Waals surface area contributed by atoms with E-state index in [1.807, 2.05) is 79.7 Å². The van der Waals surface area contributed by atoms with Gasteiger partial charge in [-0.25, -0.2) is 5.43 Å². The van der Waals surface area contributed by atoms with Crippen molar-refractivity contribution in [2.75, 3.05) is 5.32 Å². The first-order chi connectivity index (χ1) is 15.5. The zero-order chi connectivity index (χ0) is 22.8. The van der Waals surface area contributed by atoms with E-state index in [2.05, 4.69) is 15.8 Å². The van der Waals surface area contributed by atoms with Crippen LogP contribution in [0.4, 0.5) is 5.69 Å². The van der Waals surface area contributed by atoms with Gasteiger partial charge in [0, 0.05) is 29.1 Å². The Bertz CT molecular complexity index is 1100. The predicted molar refractivity (Wildman–Crippen MR) is 127 cm³/mol. The molecule has 0 spiro atoms. The number of benzene rings is 3. The van der Waals surface area contributed by atoms with E-state index in [9.17, 15) is 9.59 Å². The number of nitrogens with one attached hydrogen (secondary N) is 2. The van der Waals surface area contributed by atoms with Crippen molar-refractivity contribution < 1.29 is 14.3 Å². The summed E-state index contributed by atoms with van der Waals surface area (Å²) in [6.07, 6.45) is 1.61. The molecule has 0 bridgehead atoms. The van der Waals surface area contributed by atoms with E-state index in [4.69, 9.17) is 16.3 Å². The lowest BCUT2D eigenvalue weighted by molar-refractivity contribution is -0.124. The third-order valence-corrected chi connectivity index (χ3v) is 4.87. The van der Waals surface area contributed by atoms with Crippen molar-refractivity contribution in [3.63, 3.8) is 0 Å². The number of nitrogens with zero attached hydrogens (tertiary/aromatic N) is 1. The Morgan fingerprint density at radius 2 is 1.62 bits per heavy atom. The lowest BCUT2D eigenvalue weighted by Gasteiger charge is -2.09. The molecule has 0 aromatic heterocycles. The van der Waals surface area contributed by atoms with Gasteiger partial charge in [0.05, 0.1) is 6.21 Å². The van der Waals surface area contributed by atoms with E-state index >= 15 is 0 Å². The molecule has 7 heteroatoms. The van der Waals surface area contributed by atoms with Crippen LogP contribution in [0.2, 0.25) is 5.02 Å². The average molecular weight is 450 g/mol. The largest absolute Gasteiger partial charge is 0.488 e. The number of carbonyl (C=O) groups excluding carboxylic acids is 2. The second kappa shape index (κ2) is 11.7. The fourth-order valence-electron chi connectivity index (χ4n) is 2.84. The molecule has 0 radical (unpaired) electrons. The molecule has 3 rings (SSSR count). The highest BCUT2D eigenvalue weighted by atomic mass is 35.5. The van der Waals surface area contributed by atoms with Gasteiger partial charge < -0.3 is 10.1 Å². The number of anilines is 1. The normalized spacial score (nSPS) is 10.7. The van der Waals surface area contributed by atoms with Crippen molar-refractivity contribution >= 4 is 35.3 Å². The fourth-order valence-corrected chi connectivity index (χ4v) is 2.97. The molecule has 32 heavy (non-hydrogen) atoms. The van der Waals surface area contributed by atoms with Crippen LogP contribution in [0.15, 0.2) is 77.9 Å². The maximum Gasteiger partial charge on any atom is 0.240 e. The molecule has 0 saturated heterocycles. The highest BCUT2D eigenvalue weighted by Crippen LogP contribution is 2.18. The third-order valence-electron chi connectivity index (χ3n) is 4.62. The van der Waals surface area contributed by atoms with Crippen LogP contribution < -0.4 is 15.5 Å². The van der Waals surface area contributed by atoms with E-state index in [1.54, 1.807) is 0 Å².